The highest BCUT2D eigenvalue weighted by Gasteiger charge is 1.86. The highest BCUT2D eigenvalue weighted by molar-refractivity contribution is 5.20. The van der Waals surface area contributed by atoms with Crippen molar-refractivity contribution in [1.82, 2.24) is 0 Å². The molecule has 0 aliphatic rings. The van der Waals surface area contributed by atoms with Crippen molar-refractivity contribution in [3.05, 3.63) is 11.6 Å². The lowest BCUT2D eigenvalue weighted by atomic mass is 10.2. The molecule has 0 fully saturated rings. The molecule has 0 saturated heterocycles. The van der Waals surface area contributed by atoms with E-state index in [9.17, 15) is 0 Å². The molecule has 0 aliphatic heterocycles. The molecule has 0 aromatic rings. The smallest absolute Gasteiger partial charge is 0.0968 e. The molecule has 0 rings (SSSR count). The first-order valence-corrected chi connectivity index (χ1v) is 2.55. The van der Waals surface area contributed by atoms with Gasteiger partial charge >= 0.3 is 0 Å². The second-order valence-corrected chi connectivity index (χ2v) is 1.41. The molecule has 0 heterocycles. The SMILES string of the molecule is CC/C=C(/C#N)CO. The van der Waals surface area contributed by atoms with Gasteiger partial charge < -0.3 is 5.11 Å². The molecule has 0 unspecified atom stereocenters. The lowest BCUT2D eigenvalue weighted by Gasteiger charge is -1.84. The van der Waals surface area contributed by atoms with Gasteiger partial charge in [-0.1, -0.05) is 13.0 Å². The molecule has 44 valence electrons. The Morgan fingerprint density at radius 1 is 1.88 bits per heavy atom. The zero-order valence-electron chi connectivity index (χ0n) is 4.89. The molecular formula is C6H9NO. The Bertz CT molecular complexity index is 121. The van der Waals surface area contributed by atoms with Gasteiger partial charge in [0.15, 0.2) is 0 Å². The van der Waals surface area contributed by atoms with E-state index in [2.05, 4.69) is 0 Å². The van der Waals surface area contributed by atoms with Crippen LogP contribution in [0.4, 0.5) is 0 Å². The first kappa shape index (κ1) is 7.19. The highest BCUT2D eigenvalue weighted by atomic mass is 16.3. The normalized spacial score (nSPS) is 10.9. The molecular weight excluding hydrogens is 102 g/mol. The van der Waals surface area contributed by atoms with Gasteiger partial charge in [0, 0.05) is 0 Å². The third-order valence-corrected chi connectivity index (χ3v) is 0.764. The maximum atomic E-state index is 8.37. The van der Waals surface area contributed by atoms with E-state index in [0.717, 1.165) is 6.42 Å². The average molecular weight is 111 g/mol. The largest absolute Gasteiger partial charge is 0.391 e. The van der Waals surface area contributed by atoms with Gasteiger partial charge in [0.25, 0.3) is 0 Å². The first-order valence-electron chi connectivity index (χ1n) is 2.55. The van der Waals surface area contributed by atoms with Crippen LogP contribution in [0.1, 0.15) is 13.3 Å². The molecule has 0 bridgehead atoms. The topological polar surface area (TPSA) is 44.0 Å². The maximum Gasteiger partial charge on any atom is 0.0968 e. The Kier molecular flexibility index (Phi) is 3.91. The summed E-state index contributed by atoms with van der Waals surface area (Å²) in [6.45, 7) is 1.79. The fourth-order valence-electron chi connectivity index (χ4n) is 0.392. The molecule has 0 aliphatic carbocycles. The number of rotatable bonds is 2. The van der Waals surface area contributed by atoms with E-state index in [-0.39, 0.29) is 6.61 Å². The van der Waals surface area contributed by atoms with E-state index in [0.29, 0.717) is 5.57 Å². The van der Waals surface area contributed by atoms with Gasteiger partial charge in [-0.25, -0.2) is 0 Å². The fraction of sp³-hybridized carbons (Fsp3) is 0.500. The number of hydrogen-bond donors (Lipinski definition) is 1. The van der Waals surface area contributed by atoms with E-state index in [4.69, 9.17) is 10.4 Å². The predicted octanol–water partition coefficient (Wildman–Crippen LogP) is 0.839. The van der Waals surface area contributed by atoms with Crippen molar-refractivity contribution < 1.29 is 5.11 Å². The minimum Gasteiger partial charge on any atom is -0.391 e. The summed E-state index contributed by atoms with van der Waals surface area (Å²) in [5.74, 6) is 0. The molecule has 2 heteroatoms. The second-order valence-electron chi connectivity index (χ2n) is 1.41. The lowest BCUT2D eigenvalue weighted by Crippen LogP contribution is -1.84. The maximum absolute atomic E-state index is 8.37. The number of nitriles is 1. The highest BCUT2D eigenvalue weighted by Crippen LogP contribution is 1.90. The molecule has 0 atom stereocenters. The summed E-state index contributed by atoms with van der Waals surface area (Å²) in [5, 5.41) is 16.5. The summed E-state index contributed by atoms with van der Waals surface area (Å²) in [6, 6.07) is 1.86. The molecule has 0 spiro atoms. The van der Waals surface area contributed by atoms with Crippen LogP contribution in [0, 0.1) is 11.3 Å². The average Bonchev–Trinajstić information content (AvgIpc) is 1.83. The zero-order chi connectivity index (χ0) is 6.41. The van der Waals surface area contributed by atoms with Crippen LogP contribution in [0.2, 0.25) is 0 Å². The van der Waals surface area contributed by atoms with Crippen LogP contribution in [-0.2, 0) is 0 Å². The molecule has 0 aromatic heterocycles. The second kappa shape index (κ2) is 4.35. The summed E-state index contributed by atoms with van der Waals surface area (Å²) in [5.41, 5.74) is 0.451. The predicted molar refractivity (Wildman–Crippen MR) is 31.1 cm³/mol. The standard InChI is InChI=1S/C6H9NO/c1-2-3-6(4-7)5-8/h3,8H,2,5H2,1H3/b6-3-. The summed E-state index contributed by atoms with van der Waals surface area (Å²) in [4.78, 5) is 0. The van der Waals surface area contributed by atoms with Gasteiger partial charge in [-0.2, -0.15) is 5.26 Å². The minimum absolute atomic E-state index is 0.135. The number of nitrogens with zero attached hydrogens (tertiary/aromatic N) is 1. The van der Waals surface area contributed by atoms with Crippen molar-refractivity contribution in [2.75, 3.05) is 6.61 Å². The van der Waals surface area contributed by atoms with Crippen LogP contribution in [0.15, 0.2) is 11.6 Å². The fourth-order valence-corrected chi connectivity index (χ4v) is 0.392. The number of aliphatic hydroxyl groups excluding tert-OH is 1. The Hall–Kier alpha value is -0.810. The molecule has 1 N–H and O–H groups in total. The Morgan fingerprint density at radius 2 is 2.50 bits per heavy atom. The molecule has 0 aromatic carbocycles. The van der Waals surface area contributed by atoms with E-state index in [1.165, 1.54) is 0 Å². The van der Waals surface area contributed by atoms with Gasteiger partial charge in [0.1, 0.15) is 0 Å². The van der Waals surface area contributed by atoms with Crippen molar-refractivity contribution in [2.45, 2.75) is 13.3 Å². The van der Waals surface area contributed by atoms with E-state index >= 15 is 0 Å². The third kappa shape index (κ3) is 2.38. The van der Waals surface area contributed by atoms with Crippen LogP contribution in [0.25, 0.3) is 0 Å². The molecule has 2 nitrogen and oxygen atoms in total. The Labute approximate surface area is 49.1 Å². The van der Waals surface area contributed by atoms with E-state index in [1.807, 2.05) is 13.0 Å². The third-order valence-electron chi connectivity index (χ3n) is 0.764. The molecule has 0 saturated carbocycles. The van der Waals surface area contributed by atoms with Gasteiger partial charge in [0.05, 0.1) is 18.2 Å². The molecule has 8 heavy (non-hydrogen) atoms. The van der Waals surface area contributed by atoms with E-state index < -0.39 is 0 Å². The van der Waals surface area contributed by atoms with Crippen molar-refractivity contribution >= 4 is 0 Å². The van der Waals surface area contributed by atoms with Crippen molar-refractivity contribution in [2.24, 2.45) is 0 Å². The van der Waals surface area contributed by atoms with E-state index in [1.54, 1.807) is 6.08 Å². The van der Waals surface area contributed by atoms with Crippen LogP contribution >= 0.6 is 0 Å². The quantitative estimate of drug-likeness (QED) is 0.536. The summed E-state index contributed by atoms with van der Waals surface area (Å²) < 4.78 is 0. The number of aliphatic hydroxyl groups is 1. The summed E-state index contributed by atoms with van der Waals surface area (Å²) >= 11 is 0. The van der Waals surface area contributed by atoms with Crippen molar-refractivity contribution in [3.63, 3.8) is 0 Å². The summed E-state index contributed by atoms with van der Waals surface area (Å²) in [7, 11) is 0. The van der Waals surface area contributed by atoms with Crippen LogP contribution < -0.4 is 0 Å². The zero-order valence-corrected chi connectivity index (χ0v) is 4.89. The number of allylic oxidation sites excluding steroid dienone is 1. The first-order chi connectivity index (χ1) is 3.85. The van der Waals surface area contributed by atoms with Crippen LogP contribution in [0.3, 0.4) is 0 Å². The van der Waals surface area contributed by atoms with Gasteiger partial charge in [-0.15, -0.1) is 0 Å². The lowest BCUT2D eigenvalue weighted by molar-refractivity contribution is 0.335. The summed E-state index contributed by atoms with van der Waals surface area (Å²) in [6.07, 6.45) is 2.52. The van der Waals surface area contributed by atoms with Gasteiger partial charge in [-0.05, 0) is 6.42 Å². The Balaban J connectivity index is 3.72. The molecule has 0 radical (unpaired) electrons. The molecule has 0 amide bonds. The van der Waals surface area contributed by atoms with Crippen molar-refractivity contribution in [1.29, 1.82) is 5.26 Å². The van der Waals surface area contributed by atoms with Crippen LogP contribution in [0.5, 0.6) is 0 Å². The Morgan fingerprint density at radius 3 is 2.62 bits per heavy atom. The van der Waals surface area contributed by atoms with Crippen LogP contribution in [-0.4, -0.2) is 11.7 Å². The monoisotopic (exact) mass is 111 g/mol. The van der Waals surface area contributed by atoms with Gasteiger partial charge in [0.2, 0.25) is 0 Å². The number of hydrogen-bond acceptors (Lipinski definition) is 2. The van der Waals surface area contributed by atoms with Gasteiger partial charge in [-0.3, -0.25) is 0 Å². The minimum atomic E-state index is -0.135. The van der Waals surface area contributed by atoms with Crippen molar-refractivity contribution in [3.8, 4) is 6.07 Å².